The van der Waals surface area contributed by atoms with Crippen molar-refractivity contribution in [3.8, 4) is 0 Å². The molecular weight excluding hydrogens is 1010 g/mol. The van der Waals surface area contributed by atoms with Gasteiger partial charge in [0.2, 0.25) is 0 Å². The minimum Gasteiger partial charge on any atom is -0.462 e. The molecule has 0 aromatic heterocycles. The van der Waals surface area contributed by atoms with Gasteiger partial charge in [-0.05, 0) is 122 Å². The van der Waals surface area contributed by atoms with Crippen LogP contribution in [0.5, 0.6) is 0 Å². The lowest BCUT2D eigenvalue weighted by Gasteiger charge is -2.18. The second kappa shape index (κ2) is 69.0. The number of allylic oxidation sites excluding steroid dienone is 22. The van der Waals surface area contributed by atoms with Crippen LogP contribution >= 0.6 is 0 Å². The van der Waals surface area contributed by atoms with E-state index in [9.17, 15) is 14.4 Å². The maximum atomic E-state index is 12.9. The molecule has 0 rings (SSSR count). The lowest BCUT2D eigenvalue weighted by Crippen LogP contribution is -2.30. The van der Waals surface area contributed by atoms with Crippen molar-refractivity contribution in [2.45, 2.75) is 316 Å². The standard InChI is InChI=1S/C76H126O6/c1-4-7-10-13-16-19-22-24-26-28-30-31-32-33-34-35-36-37-38-39-40-41-42-43-44-45-47-48-50-52-54-57-60-63-66-69-75(78)81-72-73(71-80-74(77)68-65-62-59-56-21-18-15-12-9-6-3)82-76(79)70-67-64-61-58-55-53-51-49-46-29-27-25-23-20-17-14-11-8-5-2/h7,10,16-17,19-20,24-27,30-31,33-34,36-37,39-40,42-43,45,47,73H,4-6,8-9,11-15,18,21-23,28-29,32,35,38,41,44,46,48-72H2,1-3H3/b10-7-,19-16-,20-17-,26-24-,27-25-,31-30-,34-33-,37-36-,40-39-,43-42-,47-45-. The largest absolute Gasteiger partial charge is 0.462 e. The minimum atomic E-state index is -0.787. The highest BCUT2D eigenvalue weighted by Gasteiger charge is 2.19. The highest BCUT2D eigenvalue weighted by atomic mass is 16.6. The van der Waals surface area contributed by atoms with Crippen LogP contribution in [0.3, 0.4) is 0 Å². The van der Waals surface area contributed by atoms with Gasteiger partial charge in [0.15, 0.2) is 6.10 Å². The molecule has 6 heteroatoms. The van der Waals surface area contributed by atoms with Crippen molar-refractivity contribution >= 4 is 17.9 Å². The van der Waals surface area contributed by atoms with Crippen molar-refractivity contribution in [3.05, 3.63) is 134 Å². The van der Waals surface area contributed by atoms with E-state index in [0.29, 0.717) is 19.3 Å². The molecule has 0 saturated carbocycles. The molecule has 0 fully saturated rings. The van der Waals surface area contributed by atoms with Crippen LogP contribution in [0.15, 0.2) is 134 Å². The summed E-state index contributed by atoms with van der Waals surface area (Å²) in [5.74, 6) is -0.894. The van der Waals surface area contributed by atoms with Crippen LogP contribution in [-0.4, -0.2) is 37.2 Å². The van der Waals surface area contributed by atoms with Crippen LogP contribution in [0.1, 0.15) is 310 Å². The molecule has 0 aromatic carbocycles. The smallest absolute Gasteiger partial charge is 0.306 e. The Hall–Kier alpha value is -4.45. The molecule has 0 spiro atoms. The van der Waals surface area contributed by atoms with E-state index in [2.05, 4.69) is 154 Å². The summed E-state index contributed by atoms with van der Waals surface area (Å²) in [6.07, 6.45) is 97.6. The van der Waals surface area contributed by atoms with Gasteiger partial charge in [0.05, 0.1) is 0 Å². The number of carbonyl (C=O) groups excluding carboxylic acids is 3. The second-order valence-corrected chi connectivity index (χ2v) is 22.4. The highest BCUT2D eigenvalue weighted by molar-refractivity contribution is 5.71. The molecule has 82 heavy (non-hydrogen) atoms. The number of hydrogen-bond donors (Lipinski definition) is 0. The van der Waals surface area contributed by atoms with E-state index in [-0.39, 0.29) is 31.1 Å². The fourth-order valence-corrected chi connectivity index (χ4v) is 9.29. The van der Waals surface area contributed by atoms with E-state index in [0.717, 1.165) is 128 Å². The van der Waals surface area contributed by atoms with Crippen molar-refractivity contribution in [1.82, 2.24) is 0 Å². The van der Waals surface area contributed by atoms with Gasteiger partial charge in [-0.1, -0.05) is 302 Å². The Morgan fingerprint density at radius 1 is 0.256 bits per heavy atom. The molecule has 0 aliphatic heterocycles. The van der Waals surface area contributed by atoms with Gasteiger partial charge in [0.1, 0.15) is 13.2 Å². The Bertz CT molecular complexity index is 1730. The summed E-state index contributed by atoms with van der Waals surface area (Å²) in [6.45, 7) is 6.49. The Morgan fingerprint density at radius 2 is 0.476 bits per heavy atom. The van der Waals surface area contributed by atoms with Crippen molar-refractivity contribution in [1.29, 1.82) is 0 Å². The molecule has 1 unspecified atom stereocenters. The third-order valence-corrected chi connectivity index (χ3v) is 14.4. The fourth-order valence-electron chi connectivity index (χ4n) is 9.29. The number of unbranched alkanes of at least 4 members (excludes halogenated alkanes) is 28. The summed E-state index contributed by atoms with van der Waals surface area (Å²) in [5, 5.41) is 0. The van der Waals surface area contributed by atoms with Crippen LogP contribution in [-0.2, 0) is 28.6 Å². The first-order valence-corrected chi connectivity index (χ1v) is 34.2. The van der Waals surface area contributed by atoms with Crippen LogP contribution < -0.4 is 0 Å². The topological polar surface area (TPSA) is 78.9 Å². The summed E-state index contributed by atoms with van der Waals surface area (Å²) in [4.78, 5) is 38.3. The van der Waals surface area contributed by atoms with Gasteiger partial charge in [-0.3, -0.25) is 14.4 Å². The van der Waals surface area contributed by atoms with Gasteiger partial charge in [-0.2, -0.15) is 0 Å². The zero-order valence-electron chi connectivity index (χ0n) is 53.5. The van der Waals surface area contributed by atoms with Crippen LogP contribution in [0, 0.1) is 0 Å². The van der Waals surface area contributed by atoms with E-state index >= 15 is 0 Å². The lowest BCUT2D eigenvalue weighted by atomic mass is 10.1. The third-order valence-electron chi connectivity index (χ3n) is 14.4. The van der Waals surface area contributed by atoms with E-state index in [1.54, 1.807) is 0 Å². The summed E-state index contributed by atoms with van der Waals surface area (Å²) < 4.78 is 16.9. The first-order chi connectivity index (χ1) is 40.5. The van der Waals surface area contributed by atoms with E-state index in [1.165, 1.54) is 141 Å². The second-order valence-electron chi connectivity index (χ2n) is 22.4. The monoisotopic (exact) mass is 1130 g/mol. The van der Waals surface area contributed by atoms with E-state index in [4.69, 9.17) is 14.2 Å². The Morgan fingerprint density at radius 3 is 0.768 bits per heavy atom. The number of rotatable bonds is 61. The fraction of sp³-hybridized carbons (Fsp3) is 0.671. The molecule has 0 N–H and O–H groups in total. The van der Waals surface area contributed by atoms with Crippen molar-refractivity contribution < 1.29 is 28.6 Å². The number of hydrogen-bond acceptors (Lipinski definition) is 6. The molecule has 0 bridgehead atoms. The Labute approximate surface area is 506 Å². The predicted octanol–water partition coefficient (Wildman–Crippen LogP) is 23.7. The zero-order chi connectivity index (χ0) is 59.2. The number of carbonyl (C=O) groups is 3. The van der Waals surface area contributed by atoms with Crippen LogP contribution in [0.25, 0.3) is 0 Å². The summed E-state index contributed by atoms with van der Waals surface area (Å²) in [5.41, 5.74) is 0. The Kier molecular flexibility index (Phi) is 65.3. The molecule has 0 saturated heterocycles. The lowest BCUT2D eigenvalue weighted by molar-refractivity contribution is -0.167. The highest BCUT2D eigenvalue weighted by Crippen LogP contribution is 2.16. The first-order valence-electron chi connectivity index (χ1n) is 34.2. The van der Waals surface area contributed by atoms with E-state index in [1.807, 2.05) is 0 Å². The Balaban J connectivity index is 4.24. The summed E-state index contributed by atoms with van der Waals surface area (Å²) in [7, 11) is 0. The molecule has 466 valence electrons. The van der Waals surface area contributed by atoms with Gasteiger partial charge in [0, 0.05) is 19.3 Å². The SMILES string of the molecule is CC/C=C\C/C=C\C/C=C\C/C=C\C/C=C\C/C=C\C/C=C\C/C=C\C/C=C\CCCCCCCCCC(=O)OCC(COC(=O)CCCCCCCCCCCC)OC(=O)CCCCCCCCCCC/C=C\C/C=C\CCCCC. The molecule has 0 amide bonds. The molecule has 0 aliphatic carbocycles. The zero-order valence-corrected chi connectivity index (χ0v) is 53.5. The normalized spacial score (nSPS) is 13.0. The molecule has 0 radical (unpaired) electrons. The van der Waals surface area contributed by atoms with Gasteiger partial charge in [0.25, 0.3) is 0 Å². The van der Waals surface area contributed by atoms with Crippen molar-refractivity contribution in [2.24, 2.45) is 0 Å². The van der Waals surface area contributed by atoms with Gasteiger partial charge < -0.3 is 14.2 Å². The first kappa shape index (κ1) is 77.5. The third kappa shape index (κ3) is 66.4. The van der Waals surface area contributed by atoms with Crippen LogP contribution in [0.4, 0.5) is 0 Å². The van der Waals surface area contributed by atoms with Crippen molar-refractivity contribution in [2.75, 3.05) is 13.2 Å². The summed E-state index contributed by atoms with van der Waals surface area (Å²) >= 11 is 0. The quantitative estimate of drug-likeness (QED) is 0.0261. The van der Waals surface area contributed by atoms with E-state index < -0.39 is 6.10 Å². The molecule has 1 atom stereocenters. The molecule has 0 heterocycles. The van der Waals surface area contributed by atoms with Crippen LogP contribution in [0.2, 0.25) is 0 Å². The minimum absolute atomic E-state index is 0.0829. The number of esters is 3. The maximum Gasteiger partial charge on any atom is 0.306 e. The van der Waals surface area contributed by atoms with Gasteiger partial charge >= 0.3 is 17.9 Å². The molecule has 6 nitrogen and oxygen atoms in total. The number of ether oxygens (including phenoxy) is 3. The molecule has 0 aromatic rings. The maximum absolute atomic E-state index is 12.9. The van der Waals surface area contributed by atoms with Gasteiger partial charge in [-0.15, -0.1) is 0 Å². The van der Waals surface area contributed by atoms with Crippen molar-refractivity contribution in [3.63, 3.8) is 0 Å². The summed E-state index contributed by atoms with van der Waals surface area (Å²) in [6, 6.07) is 0. The van der Waals surface area contributed by atoms with Gasteiger partial charge in [-0.25, -0.2) is 0 Å². The average Bonchev–Trinajstić information content (AvgIpc) is 3.48. The predicted molar refractivity (Wildman–Crippen MR) is 357 cm³/mol. The average molecular weight is 1140 g/mol. The molecule has 0 aliphatic rings. The molecular formula is C76H126O6.